The molecule has 3 heterocycles. The van der Waals surface area contributed by atoms with E-state index < -0.39 is 32.4 Å². The summed E-state index contributed by atoms with van der Waals surface area (Å²) in [4.78, 5) is 42.7. The van der Waals surface area contributed by atoms with Crippen LogP contribution in [-0.2, 0) is 14.0 Å². The van der Waals surface area contributed by atoms with Crippen LogP contribution in [0.5, 0.6) is 0 Å². The Morgan fingerprint density at radius 2 is 2.03 bits per heavy atom. The standard InChI is InChI=1S/C17H18N5O7P/c23-13-11(29-9-30(25,26)27)6-28-17(13)22-8-20-12-14(18-7-19-15(12)22)21-16(24)10-4-2-1-3-5-10/h1-5,7-8,11,13,17,23H,6,9H2,(H2,25,26,27)(H,18,19,21,24)/t11-,13+,17+/m0/s1. The first-order chi connectivity index (χ1) is 14.3. The van der Waals surface area contributed by atoms with Crippen LogP contribution in [0.25, 0.3) is 11.2 Å². The molecule has 4 N–H and O–H groups in total. The topological polar surface area (TPSA) is 169 Å². The summed E-state index contributed by atoms with van der Waals surface area (Å²) in [6.45, 7) is -0.0752. The molecular weight excluding hydrogens is 417 g/mol. The number of carbonyl (C=O) groups excluding carboxylic acids is 1. The van der Waals surface area contributed by atoms with Crippen molar-refractivity contribution < 1.29 is 33.7 Å². The smallest absolute Gasteiger partial charge is 0.350 e. The number of benzene rings is 1. The predicted octanol–water partition coefficient (Wildman–Crippen LogP) is 0.489. The van der Waals surface area contributed by atoms with Crippen LogP contribution in [0.4, 0.5) is 5.82 Å². The molecule has 0 spiro atoms. The van der Waals surface area contributed by atoms with Crippen molar-refractivity contribution in [2.24, 2.45) is 0 Å². The predicted molar refractivity (Wildman–Crippen MR) is 102 cm³/mol. The van der Waals surface area contributed by atoms with Crippen molar-refractivity contribution >= 4 is 30.5 Å². The lowest BCUT2D eigenvalue weighted by Crippen LogP contribution is -2.31. The van der Waals surface area contributed by atoms with E-state index in [0.29, 0.717) is 11.2 Å². The summed E-state index contributed by atoms with van der Waals surface area (Å²) in [5.74, 6) is -0.178. The van der Waals surface area contributed by atoms with Crippen molar-refractivity contribution in [3.8, 4) is 0 Å². The molecule has 0 unspecified atom stereocenters. The molecule has 1 fully saturated rings. The van der Waals surface area contributed by atoms with Gasteiger partial charge in [-0.25, -0.2) is 15.0 Å². The molecule has 30 heavy (non-hydrogen) atoms. The van der Waals surface area contributed by atoms with Gasteiger partial charge in [-0.05, 0) is 12.1 Å². The monoisotopic (exact) mass is 435 g/mol. The summed E-state index contributed by atoms with van der Waals surface area (Å²) < 4.78 is 23.1. The molecule has 1 amide bonds. The lowest BCUT2D eigenvalue weighted by molar-refractivity contribution is -0.0281. The fraction of sp³-hybridized carbons (Fsp3) is 0.294. The number of anilines is 1. The molecule has 0 aliphatic carbocycles. The minimum atomic E-state index is -4.38. The van der Waals surface area contributed by atoms with Gasteiger partial charge < -0.3 is 29.7 Å². The van der Waals surface area contributed by atoms with Crippen molar-refractivity contribution in [3.05, 3.63) is 48.5 Å². The third kappa shape index (κ3) is 4.24. The number of rotatable bonds is 6. The second-order valence-electron chi connectivity index (χ2n) is 6.58. The Kier molecular flexibility index (Phi) is 5.60. The molecule has 4 rings (SSSR count). The molecule has 12 nitrogen and oxygen atoms in total. The van der Waals surface area contributed by atoms with Crippen molar-refractivity contribution in [2.75, 3.05) is 18.3 Å². The minimum Gasteiger partial charge on any atom is -0.386 e. The number of ether oxygens (including phenoxy) is 2. The van der Waals surface area contributed by atoms with Gasteiger partial charge in [-0.1, -0.05) is 18.2 Å². The summed E-state index contributed by atoms with van der Waals surface area (Å²) >= 11 is 0. The van der Waals surface area contributed by atoms with Gasteiger partial charge in [0.1, 0.15) is 24.9 Å². The van der Waals surface area contributed by atoms with Gasteiger partial charge >= 0.3 is 7.60 Å². The van der Waals surface area contributed by atoms with Gasteiger partial charge in [0.15, 0.2) is 23.2 Å². The number of hydrogen-bond donors (Lipinski definition) is 4. The first-order valence-electron chi connectivity index (χ1n) is 8.83. The molecule has 0 radical (unpaired) electrons. The maximum atomic E-state index is 12.4. The third-order valence-electron chi connectivity index (χ3n) is 4.46. The van der Waals surface area contributed by atoms with E-state index in [9.17, 15) is 14.5 Å². The van der Waals surface area contributed by atoms with E-state index in [2.05, 4.69) is 20.3 Å². The highest BCUT2D eigenvalue weighted by Gasteiger charge is 2.40. The number of amides is 1. The Hall–Kier alpha value is -2.73. The van der Waals surface area contributed by atoms with Gasteiger partial charge in [0.05, 0.1) is 12.9 Å². The van der Waals surface area contributed by atoms with Gasteiger partial charge in [-0.3, -0.25) is 13.9 Å². The Bertz CT molecular complexity index is 1100. The van der Waals surface area contributed by atoms with E-state index in [1.54, 1.807) is 30.3 Å². The van der Waals surface area contributed by atoms with Crippen LogP contribution < -0.4 is 5.32 Å². The molecule has 0 saturated carbocycles. The van der Waals surface area contributed by atoms with Crippen molar-refractivity contribution in [3.63, 3.8) is 0 Å². The van der Waals surface area contributed by atoms with E-state index in [0.717, 1.165) is 0 Å². The van der Waals surface area contributed by atoms with Gasteiger partial charge in [-0.15, -0.1) is 0 Å². The van der Waals surface area contributed by atoms with Crippen molar-refractivity contribution in [1.29, 1.82) is 0 Å². The fourth-order valence-corrected chi connectivity index (χ4v) is 3.44. The molecule has 3 atom stereocenters. The lowest BCUT2D eigenvalue weighted by atomic mass is 10.2. The molecule has 0 bridgehead atoms. The maximum absolute atomic E-state index is 12.4. The summed E-state index contributed by atoms with van der Waals surface area (Å²) in [5, 5.41) is 13.2. The van der Waals surface area contributed by atoms with Crippen LogP contribution in [0.15, 0.2) is 43.0 Å². The highest BCUT2D eigenvalue weighted by atomic mass is 31.2. The molecule has 158 valence electrons. The zero-order valence-corrected chi connectivity index (χ0v) is 16.3. The molecule has 3 aromatic rings. The van der Waals surface area contributed by atoms with E-state index >= 15 is 0 Å². The first-order valence-corrected chi connectivity index (χ1v) is 10.6. The molecule has 2 aromatic heterocycles. The van der Waals surface area contributed by atoms with Crippen LogP contribution in [0.2, 0.25) is 0 Å². The third-order valence-corrected chi connectivity index (χ3v) is 4.95. The van der Waals surface area contributed by atoms with Gasteiger partial charge in [0.2, 0.25) is 0 Å². The summed E-state index contributed by atoms with van der Waals surface area (Å²) in [6, 6.07) is 8.59. The lowest BCUT2D eigenvalue weighted by Gasteiger charge is -2.19. The summed E-state index contributed by atoms with van der Waals surface area (Å²) in [7, 11) is -4.38. The van der Waals surface area contributed by atoms with Gasteiger partial charge in [0.25, 0.3) is 5.91 Å². The number of nitrogens with zero attached hydrogens (tertiary/aromatic N) is 4. The van der Waals surface area contributed by atoms with E-state index in [4.69, 9.17) is 19.3 Å². The Labute approximate surface area is 169 Å². The number of aliphatic hydroxyl groups excluding tert-OH is 1. The Morgan fingerprint density at radius 3 is 2.77 bits per heavy atom. The van der Waals surface area contributed by atoms with E-state index in [1.165, 1.54) is 17.2 Å². The van der Waals surface area contributed by atoms with Crippen LogP contribution in [0.3, 0.4) is 0 Å². The quantitative estimate of drug-likeness (QED) is 0.400. The maximum Gasteiger partial charge on any atom is 0.350 e. The van der Waals surface area contributed by atoms with Crippen molar-refractivity contribution in [2.45, 2.75) is 18.4 Å². The van der Waals surface area contributed by atoms with Crippen LogP contribution >= 0.6 is 7.60 Å². The number of hydrogen-bond acceptors (Lipinski definition) is 8. The molecule has 1 aliphatic rings. The minimum absolute atomic E-state index is 0.0752. The number of nitrogens with one attached hydrogen (secondary N) is 1. The molecule has 1 saturated heterocycles. The van der Waals surface area contributed by atoms with Crippen LogP contribution in [-0.4, -0.2) is 65.5 Å². The van der Waals surface area contributed by atoms with Gasteiger partial charge in [-0.2, -0.15) is 0 Å². The Morgan fingerprint density at radius 1 is 1.27 bits per heavy atom. The molecule has 1 aromatic carbocycles. The normalized spacial score (nSPS) is 21.8. The molecule has 13 heteroatoms. The number of imidazole rings is 1. The largest absolute Gasteiger partial charge is 0.386 e. The van der Waals surface area contributed by atoms with Gasteiger partial charge in [0, 0.05) is 5.56 Å². The number of aromatic nitrogens is 4. The highest BCUT2D eigenvalue weighted by molar-refractivity contribution is 7.51. The second-order valence-corrected chi connectivity index (χ2v) is 8.17. The first kappa shape index (κ1) is 20.5. The number of aliphatic hydroxyl groups is 1. The second kappa shape index (κ2) is 8.19. The zero-order chi connectivity index (χ0) is 21.3. The highest BCUT2D eigenvalue weighted by Crippen LogP contribution is 2.37. The SMILES string of the molecule is O=C(Nc1ncnc2c1ncn2[C@@H]1OC[C@H](OCP(=O)(O)O)[C@H]1O)c1ccccc1. The van der Waals surface area contributed by atoms with E-state index in [-0.39, 0.29) is 23.8 Å². The van der Waals surface area contributed by atoms with Crippen LogP contribution in [0, 0.1) is 0 Å². The van der Waals surface area contributed by atoms with E-state index in [1.807, 2.05) is 0 Å². The molecular formula is C17H18N5O7P. The van der Waals surface area contributed by atoms with Crippen LogP contribution in [0.1, 0.15) is 16.6 Å². The fourth-order valence-electron chi connectivity index (χ4n) is 3.06. The zero-order valence-electron chi connectivity index (χ0n) is 15.4. The summed E-state index contributed by atoms with van der Waals surface area (Å²) in [6.07, 6.45) is -1.30. The average Bonchev–Trinajstić information content (AvgIpc) is 3.30. The number of fused-ring (bicyclic) bond motifs is 1. The van der Waals surface area contributed by atoms with Crippen molar-refractivity contribution in [1.82, 2.24) is 19.5 Å². The average molecular weight is 435 g/mol. The Balaban J connectivity index is 1.55. The number of carbonyl (C=O) groups is 1. The molecule has 1 aliphatic heterocycles. The summed E-state index contributed by atoms with van der Waals surface area (Å²) in [5.41, 5.74) is 1.04.